The largest absolute Gasteiger partial charge is 0.291 e. The van der Waals surface area contributed by atoms with Gasteiger partial charge in [-0.15, -0.1) is 0 Å². The molecule has 3 aromatic rings. The molecule has 3 aromatic heterocycles. The van der Waals surface area contributed by atoms with Gasteiger partial charge >= 0.3 is 0 Å². The van der Waals surface area contributed by atoms with Crippen molar-refractivity contribution < 1.29 is 0 Å². The van der Waals surface area contributed by atoms with Gasteiger partial charge in [0.15, 0.2) is 0 Å². The molecule has 3 rings (SSSR count). The Bertz CT molecular complexity index is 645. The quantitative estimate of drug-likeness (QED) is 0.672. The molecule has 0 spiro atoms. The van der Waals surface area contributed by atoms with Crippen molar-refractivity contribution in [2.75, 3.05) is 6.54 Å². The molecule has 0 radical (unpaired) electrons. The first-order valence-corrected chi connectivity index (χ1v) is 7.82. The highest BCUT2D eigenvalue weighted by Gasteiger charge is 2.09. The number of nitrogens with zero attached hydrogens (tertiary/aromatic N) is 4. The summed E-state index contributed by atoms with van der Waals surface area (Å²) >= 11 is 0. The van der Waals surface area contributed by atoms with Crippen molar-refractivity contribution in [2.45, 2.75) is 19.5 Å². The maximum Gasteiger partial charge on any atom is 0.0544 e. The summed E-state index contributed by atoms with van der Waals surface area (Å²) in [6.07, 6.45) is 6.44. The van der Waals surface area contributed by atoms with Gasteiger partial charge in [0.05, 0.1) is 11.4 Å². The second-order valence-corrected chi connectivity index (χ2v) is 5.42. The fourth-order valence-electron chi connectivity index (χ4n) is 2.47. The molecule has 0 aromatic carbocycles. The van der Waals surface area contributed by atoms with Crippen molar-refractivity contribution in [3.8, 4) is 0 Å². The zero-order valence-corrected chi connectivity index (χ0v) is 13.0. The molecule has 4 nitrogen and oxygen atoms in total. The Kier molecular flexibility index (Phi) is 5.43. The highest BCUT2D eigenvalue weighted by atomic mass is 15.1. The Morgan fingerprint density at radius 3 is 1.52 bits per heavy atom. The van der Waals surface area contributed by atoms with Gasteiger partial charge in [-0.05, 0) is 36.4 Å². The molecule has 0 aliphatic carbocycles. The molecule has 0 unspecified atom stereocenters. The van der Waals surface area contributed by atoms with Crippen molar-refractivity contribution in [3.63, 3.8) is 0 Å². The molecule has 0 aliphatic rings. The van der Waals surface area contributed by atoms with Crippen LogP contribution in [-0.2, 0) is 19.5 Å². The van der Waals surface area contributed by atoms with E-state index in [4.69, 9.17) is 0 Å². The number of rotatable bonds is 7. The maximum atomic E-state index is 4.44. The molecule has 23 heavy (non-hydrogen) atoms. The number of hydrogen-bond acceptors (Lipinski definition) is 4. The first kappa shape index (κ1) is 15.3. The molecule has 3 heterocycles. The standard InChI is InChI=1S/C19H20N4/c1-4-11-20-17(7-1)10-14-23(15-18-8-2-5-12-21-18)16-19-9-3-6-13-22-19/h1-9,11-13H,10,14-16H2. The van der Waals surface area contributed by atoms with Crippen LogP contribution in [0.1, 0.15) is 17.1 Å². The number of hydrogen-bond donors (Lipinski definition) is 0. The second-order valence-electron chi connectivity index (χ2n) is 5.42. The summed E-state index contributed by atoms with van der Waals surface area (Å²) in [4.78, 5) is 15.6. The van der Waals surface area contributed by atoms with Crippen molar-refractivity contribution in [3.05, 3.63) is 90.3 Å². The van der Waals surface area contributed by atoms with E-state index in [1.165, 1.54) is 0 Å². The van der Waals surface area contributed by atoms with E-state index >= 15 is 0 Å². The van der Waals surface area contributed by atoms with E-state index in [-0.39, 0.29) is 0 Å². The third-order valence-corrected chi connectivity index (χ3v) is 3.63. The van der Waals surface area contributed by atoms with E-state index in [0.29, 0.717) is 0 Å². The summed E-state index contributed by atoms with van der Waals surface area (Å²) in [5.74, 6) is 0. The first-order chi connectivity index (χ1) is 11.4. The van der Waals surface area contributed by atoms with Crippen LogP contribution in [0, 0.1) is 0 Å². The normalized spacial score (nSPS) is 10.8. The van der Waals surface area contributed by atoms with Gasteiger partial charge in [0, 0.05) is 50.3 Å². The maximum absolute atomic E-state index is 4.44. The van der Waals surface area contributed by atoms with Crippen LogP contribution in [0.15, 0.2) is 73.2 Å². The lowest BCUT2D eigenvalue weighted by Crippen LogP contribution is -2.26. The van der Waals surface area contributed by atoms with E-state index in [1.54, 1.807) is 0 Å². The van der Waals surface area contributed by atoms with Crippen LogP contribution < -0.4 is 0 Å². The smallest absolute Gasteiger partial charge is 0.0544 e. The summed E-state index contributed by atoms with van der Waals surface area (Å²) in [5, 5.41) is 0. The Labute approximate surface area is 136 Å². The second kappa shape index (κ2) is 8.15. The number of pyridine rings is 3. The summed E-state index contributed by atoms with van der Waals surface area (Å²) in [6.45, 7) is 2.54. The topological polar surface area (TPSA) is 41.9 Å². The Hall–Kier alpha value is -2.59. The van der Waals surface area contributed by atoms with Crippen molar-refractivity contribution in [2.24, 2.45) is 0 Å². The molecule has 0 fully saturated rings. The third-order valence-electron chi connectivity index (χ3n) is 3.63. The average molecular weight is 304 g/mol. The van der Waals surface area contributed by atoms with Crippen LogP contribution >= 0.6 is 0 Å². The summed E-state index contributed by atoms with van der Waals surface area (Å²) in [5.41, 5.74) is 3.26. The minimum Gasteiger partial charge on any atom is -0.291 e. The predicted octanol–water partition coefficient (Wildman–Crippen LogP) is 3.12. The minimum absolute atomic E-state index is 0.810. The lowest BCUT2D eigenvalue weighted by molar-refractivity contribution is 0.253. The van der Waals surface area contributed by atoms with Gasteiger partial charge in [-0.1, -0.05) is 18.2 Å². The van der Waals surface area contributed by atoms with E-state index < -0.39 is 0 Å². The Morgan fingerprint density at radius 2 is 1.09 bits per heavy atom. The average Bonchev–Trinajstić information content (AvgIpc) is 2.62. The predicted molar refractivity (Wildman–Crippen MR) is 90.5 cm³/mol. The zero-order chi connectivity index (χ0) is 15.7. The van der Waals surface area contributed by atoms with Gasteiger partial charge in [0.1, 0.15) is 0 Å². The van der Waals surface area contributed by atoms with Gasteiger partial charge in [0.2, 0.25) is 0 Å². The molecule has 0 bridgehead atoms. The summed E-state index contributed by atoms with van der Waals surface area (Å²) in [6, 6.07) is 18.1. The lowest BCUT2D eigenvalue weighted by Gasteiger charge is -2.21. The van der Waals surface area contributed by atoms with Crippen LogP contribution in [-0.4, -0.2) is 26.4 Å². The molecule has 4 heteroatoms. The molecular weight excluding hydrogens is 284 g/mol. The van der Waals surface area contributed by atoms with E-state index in [1.807, 2.05) is 55.0 Å². The van der Waals surface area contributed by atoms with Gasteiger partial charge < -0.3 is 0 Å². The fourth-order valence-corrected chi connectivity index (χ4v) is 2.47. The van der Waals surface area contributed by atoms with Crippen LogP contribution in [0.25, 0.3) is 0 Å². The molecule has 0 aliphatic heterocycles. The zero-order valence-electron chi connectivity index (χ0n) is 13.0. The molecule has 0 N–H and O–H groups in total. The number of aromatic nitrogens is 3. The summed E-state index contributed by atoms with van der Waals surface area (Å²) < 4.78 is 0. The third kappa shape index (κ3) is 4.97. The lowest BCUT2D eigenvalue weighted by atomic mass is 10.2. The monoisotopic (exact) mass is 304 g/mol. The van der Waals surface area contributed by atoms with Crippen LogP contribution in [0.3, 0.4) is 0 Å². The van der Waals surface area contributed by atoms with Crippen molar-refractivity contribution in [1.82, 2.24) is 19.9 Å². The molecule has 0 saturated carbocycles. The molecular formula is C19H20N4. The highest BCUT2D eigenvalue weighted by Crippen LogP contribution is 2.08. The molecule has 0 atom stereocenters. The summed E-state index contributed by atoms with van der Waals surface area (Å²) in [7, 11) is 0. The van der Waals surface area contributed by atoms with Crippen molar-refractivity contribution >= 4 is 0 Å². The van der Waals surface area contributed by atoms with E-state index in [0.717, 1.165) is 43.1 Å². The van der Waals surface area contributed by atoms with Crippen LogP contribution in [0.4, 0.5) is 0 Å². The van der Waals surface area contributed by atoms with Gasteiger partial charge in [-0.3, -0.25) is 19.9 Å². The Morgan fingerprint density at radius 1 is 0.609 bits per heavy atom. The van der Waals surface area contributed by atoms with Gasteiger partial charge in [-0.2, -0.15) is 0 Å². The van der Waals surface area contributed by atoms with Crippen LogP contribution in [0.2, 0.25) is 0 Å². The van der Waals surface area contributed by atoms with Crippen LogP contribution in [0.5, 0.6) is 0 Å². The van der Waals surface area contributed by atoms with Gasteiger partial charge in [0.25, 0.3) is 0 Å². The first-order valence-electron chi connectivity index (χ1n) is 7.82. The minimum atomic E-state index is 0.810. The van der Waals surface area contributed by atoms with Gasteiger partial charge in [-0.25, -0.2) is 0 Å². The van der Waals surface area contributed by atoms with E-state index in [9.17, 15) is 0 Å². The Balaban J connectivity index is 1.67. The fraction of sp³-hybridized carbons (Fsp3) is 0.211. The molecule has 0 amide bonds. The molecule has 0 saturated heterocycles. The van der Waals surface area contributed by atoms with E-state index in [2.05, 4.69) is 38.1 Å². The SMILES string of the molecule is c1ccc(CCN(Cc2ccccn2)Cc2ccccn2)nc1. The highest BCUT2D eigenvalue weighted by molar-refractivity contribution is 5.07. The molecule has 116 valence electrons. The van der Waals surface area contributed by atoms with Crippen molar-refractivity contribution in [1.29, 1.82) is 0 Å².